The molecule has 15 heavy (non-hydrogen) atoms. The van der Waals surface area contributed by atoms with Gasteiger partial charge >= 0.3 is 12.2 Å². The van der Waals surface area contributed by atoms with Crippen molar-refractivity contribution in [1.82, 2.24) is 9.80 Å². The topological polar surface area (TPSA) is 81.1 Å². The first kappa shape index (κ1) is 11.6. The summed E-state index contributed by atoms with van der Waals surface area (Å²) < 4.78 is 0. The van der Waals surface area contributed by atoms with E-state index < -0.39 is 12.2 Å². The molecule has 86 valence electrons. The fourth-order valence-corrected chi connectivity index (χ4v) is 1.77. The van der Waals surface area contributed by atoms with Crippen molar-refractivity contribution < 1.29 is 19.8 Å². The molecule has 2 unspecified atom stereocenters. The molecule has 0 radical (unpaired) electrons. The zero-order valence-electron chi connectivity index (χ0n) is 8.88. The third-order valence-corrected chi connectivity index (χ3v) is 2.95. The molecule has 0 spiro atoms. The predicted octanol–water partition coefficient (Wildman–Crippen LogP) is 0.985. The molecule has 2 N–H and O–H groups in total. The van der Waals surface area contributed by atoms with Crippen LogP contribution in [0, 0.1) is 5.92 Å². The molecule has 1 aliphatic rings. The van der Waals surface area contributed by atoms with Gasteiger partial charge in [-0.2, -0.15) is 0 Å². The zero-order valence-corrected chi connectivity index (χ0v) is 8.88. The average molecular weight is 216 g/mol. The van der Waals surface area contributed by atoms with Crippen LogP contribution in [0.4, 0.5) is 9.59 Å². The van der Waals surface area contributed by atoms with Crippen LogP contribution in [-0.4, -0.2) is 57.9 Å². The third-order valence-electron chi connectivity index (χ3n) is 2.95. The maximum Gasteiger partial charge on any atom is 0.407 e. The van der Waals surface area contributed by atoms with Crippen LogP contribution in [0.3, 0.4) is 0 Å². The third kappa shape index (κ3) is 2.51. The van der Waals surface area contributed by atoms with E-state index in [1.54, 1.807) is 0 Å². The van der Waals surface area contributed by atoms with Gasteiger partial charge in [-0.1, -0.05) is 6.92 Å². The highest BCUT2D eigenvalue weighted by atomic mass is 16.4. The number of nitrogens with zero attached hydrogens (tertiary/aromatic N) is 2. The smallest absolute Gasteiger partial charge is 0.407 e. The number of hydrogen-bond acceptors (Lipinski definition) is 2. The SMILES string of the molecule is CC1CN(C(=O)O)CCN(C(=O)O)C1C. The summed E-state index contributed by atoms with van der Waals surface area (Å²) in [6, 6.07) is -0.146. The monoisotopic (exact) mass is 216 g/mol. The fourth-order valence-electron chi connectivity index (χ4n) is 1.77. The van der Waals surface area contributed by atoms with Gasteiger partial charge in [0, 0.05) is 25.7 Å². The van der Waals surface area contributed by atoms with Gasteiger partial charge in [0.2, 0.25) is 0 Å². The molecule has 0 aromatic heterocycles. The molecule has 6 heteroatoms. The number of rotatable bonds is 0. The summed E-state index contributed by atoms with van der Waals surface area (Å²) >= 11 is 0. The van der Waals surface area contributed by atoms with E-state index in [2.05, 4.69) is 0 Å². The average Bonchev–Trinajstić information content (AvgIpc) is 2.27. The van der Waals surface area contributed by atoms with Gasteiger partial charge in [-0.3, -0.25) is 0 Å². The van der Waals surface area contributed by atoms with Crippen LogP contribution in [-0.2, 0) is 0 Å². The van der Waals surface area contributed by atoms with Gasteiger partial charge in [0.05, 0.1) is 0 Å². The summed E-state index contributed by atoms with van der Waals surface area (Å²) in [7, 11) is 0. The Balaban J connectivity index is 2.77. The van der Waals surface area contributed by atoms with Crippen LogP contribution in [0.1, 0.15) is 13.8 Å². The van der Waals surface area contributed by atoms with Crippen molar-refractivity contribution in [3.63, 3.8) is 0 Å². The lowest BCUT2D eigenvalue weighted by atomic mass is 10.0. The van der Waals surface area contributed by atoms with E-state index in [1.807, 2.05) is 13.8 Å². The second-order valence-electron chi connectivity index (χ2n) is 3.92. The minimum atomic E-state index is -0.985. The van der Waals surface area contributed by atoms with Gasteiger partial charge in [-0.25, -0.2) is 9.59 Å². The Bertz CT molecular complexity index is 269. The van der Waals surface area contributed by atoms with Crippen LogP contribution >= 0.6 is 0 Å². The van der Waals surface area contributed by atoms with Crippen molar-refractivity contribution in [1.29, 1.82) is 0 Å². The summed E-state index contributed by atoms with van der Waals surface area (Å²) in [5, 5.41) is 17.8. The number of carboxylic acid groups (broad SMARTS) is 2. The van der Waals surface area contributed by atoms with Gasteiger partial charge in [0.1, 0.15) is 0 Å². The molecule has 2 amide bonds. The highest BCUT2D eigenvalue weighted by Crippen LogP contribution is 2.16. The van der Waals surface area contributed by atoms with Crippen LogP contribution in [0.25, 0.3) is 0 Å². The van der Waals surface area contributed by atoms with Crippen LogP contribution < -0.4 is 0 Å². The van der Waals surface area contributed by atoms with E-state index >= 15 is 0 Å². The second kappa shape index (κ2) is 4.37. The Hall–Kier alpha value is -1.46. The van der Waals surface area contributed by atoms with E-state index in [9.17, 15) is 9.59 Å². The predicted molar refractivity (Wildman–Crippen MR) is 53.0 cm³/mol. The summed E-state index contributed by atoms with van der Waals surface area (Å²) in [5.41, 5.74) is 0. The summed E-state index contributed by atoms with van der Waals surface area (Å²) in [5.74, 6) is 0.0136. The molecule has 0 aliphatic carbocycles. The molecule has 6 nitrogen and oxygen atoms in total. The van der Waals surface area contributed by atoms with Gasteiger partial charge in [-0.15, -0.1) is 0 Å². The molecule has 1 rings (SSSR count). The maximum atomic E-state index is 10.9. The quantitative estimate of drug-likeness (QED) is 0.632. The Morgan fingerprint density at radius 1 is 1.13 bits per heavy atom. The first-order valence-electron chi connectivity index (χ1n) is 4.91. The molecule has 2 atom stereocenters. The van der Waals surface area contributed by atoms with Crippen molar-refractivity contribution in [2.75, 3.05) is 19.6 Å². The van der Waals surface area contributed by atoms with Crippen molar-refractivity contribution in [2.45, 2.75) is 19.9 Å². The minimum Gasteiger partial charge on any atom is -0.465 e. The molecule has 0 saturated carbocycles. The van der Waals surface area contributed by atoms with E-state index in [4.69, 9.17) is 10.2 Å². The number of carbonyl (C=O) groups is 2. The van der Waals surface area contributed by atoms with Crippen molar-refractivity contribution >= 4 is 12.2 Å². The van der Waals surface area contributed by atoms with E-state index in [0.29, 0.717) is 6.54 Å². The Labute approximate surface area is 88.1 Å². The highest BCUT2D eigenvalue weighted by Gasteiger charge is 2.31. The van der Waals surface area contributed by atoms with Crippen molar-refractivity contribution in [3.8, 4) is 0 Å². The highest BCUT2D eigenvalue weighted by molar-refractivity contribution is 5.67. The minimum absolute atomic E-state index is 0.0136. The molecule has 0 aromatic rings. The number of hydrogen-bond donors (Lipinski definition) is 2. The van der Waals surface area contributed by atoms with Crippen molar-refractivity contribution in [3.05, 3.63) is 0 Å². The first-order valence-corrected chi connectivity index (χ1v) is 4.91. The molecule has 1 heterocycles. The molecular weight excluding hydrogens is 200 g/mol. The standard InChI is InChI=1S/C9H16N2O4/c1-6-5-10(8(12)13)3-4-11(7(6)2)9(14)15/h6-7H,3-5H2,1-2H3,(H,12,13)(H,14,15). The van der Waals surface area contributed by atoms with Gasteiger partial charge in [0.15, 0.2) is 0 Å². The van der Waals surface area contributed by atoms with Gasteiger partial charge < -0.3 is 20.0 Å². The molecule has 1 saturated heterocycles. The van der Waals surface area contributed by atoms with Gasteiger partial charge in [-0.05, 0) is 12.8 Å². The van der Waals surface area contributed by atoms with Crippen LogP contribution in [0.5, 0.6) is 0 Å². The fraction of sp³-hybridized carbons (Fsp3) is 0.778. The normalized spacial score (nSPS) is 27.3. The largest absolute Gasteiger partial charge is 0.465 e. The Morgan fingerprint density at radius 3 is 2.20 bits per heavy atom. The second-order valence-corrected chi connectivity index (χ2v) is 3.92. The molecule has 0 aromatic carbocycles. The van der Waals surface area contributed by atoms with E-state index in [-0.39, 0.29) is 25.0 Å². The summed E-state index contributed by atoms with van der Waals surface area (Å²) in [6.07, 6.45) is -1.97. The van der Waals surface area contributed by atoms with E-state index in [1.165, 1.54) is 9.80 Å². The van der Waals surface area contributed by atoms with Crippen LogP contribution in [0.2, 0.25) is 0 Å². The van der Waals surface area contributed by atoms with E-state index in [0.717, 1.165) is 0 Å². The molecular formula is C9H16N2O4. The van der Waals surface area contributed by atoms with Crippen molar-refractivity contribution in [2.24, 2.45) is 5.92 Å². The molecule has 1 aliphatic heterocycles. The summed E-state index contributed by atoms with van der Waals surface area (Å²) in [4.78, 5) is 24.3. The maximum absolute atomic E-state index is 10.9. The Morgan fingerprint density at radius 2 is 1.73 bits per heavy atom. The molecule has 1 fully saturated rings. The first-order chi connectivity index (χ1) is 6.93. The Kier molecular flexibility index (Phi) is 3.39. The lowest BCUT2D eigenvalue weighted by Gasteiger charge is -2.27. The van der Waals surface area contributed by atoms with Gasteiger partial charge in [0.25, 0.3) is 0 Å². The summed E-state index contributed by atoms with van der Waals surface area (Å²) in [6.45, 7) is 4.55. The van der Waals surface area contributed by atoms with Crippen LogP contribution in [0.15, 0.2) is 0 Å². The zero-order chi connectivity index (χ0) is 11.6. The number of amides is 2. The lowest BCUT2D eigenvalue weighted by molar-refractivity contribution is 0.121. The lowest BCUT2D eigenvalue weighted by Crippen LogP contribution is -2.41. The molecule has 0 bridgehead atoms.